The van der Waals surface area contributed by atoms with E-state index in [9.17, 15) is 4.79 Å². The molecule has 1 heterocycles. The van der Waals surface area contributed by atoms with Gasteiger partial charge in [0.25, 0.3) is 0 Å². The average molecular weight is 260 g/mol. The van der Waals surface area contributed by atoms with E-state index in [1.165, 1.54) is 4.90 Å². The maximum Gasteiger partial charge on any atom is 0.231 e. The van der Waals surface area contributed by atoms with E-state index < -0.39 is 5.41 Å². The van der Waals surface area contributed by atoms with Gasteiger partial charge in [0.05, 0.1) is 25.2 Å². The van der Waals surface area contributed by atoms with E-state index >= 15 is 0 Å². The molecule has 0 unspecified atom stereocenters. The zero-order chi connectivity index (χ0) is 13.4. The van der Waals surface area contributed by atoms with E-state index in [2.05, 4.69) is 5.32 Å². The number of hydrogen-bond donors (Lipinski definition) is 3. The van der Waals surface area contributed by atoms with Crippen molar-refractivity contribution in [3.63, 3.8) is 0 Å². The Bertz CT molecular complexity index is 243. The molecule has 0 saturated carbocycles. The van der Waals surface area contributed by atoms with Gasteiger partial charge >= 0.3 is 0 Å². The topological polar surface area (TPSA) is 82.0 Å². The van der Waals surface area contributed by atoms with E-state index in [0.717, 1.165) is 25.9 Å². The summed E-state index contributed by atoms with van der Waals surface area (Å²) in [5.41, 5.74) is -0.510. The van der Waals surface area contributed by atoms with Crippen molar-refractivity contribution in [2.75, 3.05) is 53.1 Å². The molecule has 1 saturated heterocycles. The van der Waals surface area contributed by atoms with Crippen molar-refractivity contribution in [3.05, 3.63) is 0 Å². The van der Waals surface area contributed by atoms with Gasteiger partial charge in [-0.15, -0.1) is 0 Å². The highest BCUT2D eigenvalue weighted by Crippen LogP contribution is 2.31. The molecule has 1 aliphatic heterocycles. The summed E-state index contributed by atoms with van der Waals surface area (Å²) < 4.78 is 5.21. The smallest absolute Gasteiger partial charge is 0.231 e. The van der Waals surface area contributed by atoms with Crippen LogP contribution in [0.25, 0.3) is 0 Å². The van der Waals surface area contributed by atoms with Crippen molar-refractivity contribution in [2.24, 2.45) is 5.41 Å². The summed E-state index contributed by atoms with van der Waals surface area (Å²) in [7, 11) is 1.60. The van der Waals surface area contributed by atoms with Crippen LogP contribution in [0.15, 0.2) is 0 Å². The number of piperidine rings is 1. The molecule has 0 aliphatic carbocycles. The molecule has 106 valence electrons. The molecule has 1 aliphatic rings. The molecule has 0 aromatic heterocycles. The lowest BCUT2D eigenvalue weighted by molar-refractivity contribution is -0.148. The first-order valence-electron chi connectivity index (χ1n) is 6.41. The molecule has 0 bridgehead atoms. The van der Waals surface area contributed by atoms with Crippen molar-refractivity contribution in [3.8, 4) is 0 Å². The van der Waals surface area contributed by atoms with E-state index in [1.54, 1.807) is 7.11 Å². The van der Waals surface area contributed by atoms with Gasteiger partial charge < -0.3 is 25.2 Å². The van der Waals surface area contributed by atoms with Crippen LogP contribution in [-0.2, 0) is 9.53 Å². The van der Waals surface area contributed by atoms with E-state index in [4.69, 9.17) is 14.9 Å². The zero-order valence-electron chi connectivity index (χ0n) is 11.0. The van der Waals surface area contributed by atoms with Crippen molar-refractivity contribution < 1.29 is 19.7 Å². The normalized spacial score (nSPS) is 18.6. The molecule has 0 spiro atoms. The third-order valence-corrected chi connectivity index (χ3v) is 3.46. The van der Waals surface area contributed by atoms with Crippen LogP contribution in [0, 0.1) is 5.41 Å². The number of carbonyl (C=O) groups is 1. The monoisotopic (exact) mass is 260 g/mol. The third-order valence-electron chi connectivity index (χ3n) is 3.46. The van der Waals surface area contributed by atoms with Gasteiger partial charge in [0, 0.05) is 20.2 Å². The van der Waals surface area contributed by atoms with Gasteiger partial charge in [0.2, 0.25) is 5.91 Å². The molecule has 1 fully saturated rings. The lowest BCUT2D eigenvalue weighted by atomic mass is 9.78. The average Bonchev–Trinajstić information content (AvgIpc) is 2.39. The first kappa shape index (κ1) is 15.4. The van der Waals surface area contributed by atoms with Crippen molar-refractivity contribution in [1.82, 2.24) is 10.2 Å². The lowest BCUT2D eigenvalue weighted by Crippen LogP contribution is -2.52. The highest BCUT2D eigenvalue weighted by atomic mass is 16.5. The lowest BCUT2D eigenvalue weighted by Gasteiger charge is -2.39. The molecule has 1 amide bonds. The number of aliphatic hydroxyl groups is 2. The van der Waals surface area contributed by atoms with Gasteiger partial charge in [-0.1, -0.05) is 0 Å². The van der Waals surface area contributed by atoms with Crippen molar-refractivity contribution in [2.45, 2.75) is 12.8 Å². The second-order valence-corrected chi connectivity index (χ2v) is 4.70. The number of nitrogens with zero attached hydrogens (tertiary/aromatic N) is 1. The Morgan fingerprint density at radius 2 is 1.83 bits per heavy atom. The van der Waals surface area contributed by atoms with Gasteiger partial charge in [-0.05, 0) is 25.9 Å². The van der Waals surface area contributed by atoms with E-state index in [1.807, 2.05) is 0 Å². The molecular weight excluding hydrogens is 236 g/mol. The fraction of sp³-hybridized carbons (Fsp3) is 0.917. The van der Waals surface area contributed by atoms with Crippen LogP contribution in [0.4, 0.5) is 0 Å². The maximum absolute atomic E-state index is 12.6. The second kappa shape index (κ2) is 7.68. The SMILES string of the molecule is COCC1(C(=O)N(CCO)CCO)CCNCC1. The highest BCUT2D eigenvalue weighted by Gasteiger charge is 2.41. The number of aliphatic hydroxyl groups excluding tert-OH is 2. The summed E-state index contributed by atoms with van der Waals surface area (Å²) in [4.78, 5) is 14.1. The molecule has 0 aromatic carbocycles. The molecule has 0 radical (unpaired) electrons. The van der Waals surface area contributed by atoms with Gasteiger partial charge in [0.15, 0.2) is 0 Å². The summed E-state index contributed by atoms with van der Waals surface area (Å²) in [6.45, 7) is 2.32. The molecule has 3 N–H and O–H groups in total. The van der Waals surface area contributed by atoms with Crippen molar-refractivity contribution in [1.29, 1.82) is 0 Å². The predicted octanol–water partition coefficient (Wildman–Crippen LogP) is -1.18. The first-order chi connectivity index (χ1) is 8.70. The Balaban J connectivity index is 2.78. The first-order valence-corrected chi connectivity index (χ1v) is 6.41. The largest absolute Gasteiger partial charge is 0.395 e. The summed E-state index contributed by atoms with van der Waals surface area (Å²) >= 11 is 0. The highest BCUT2D eigenvalue weighted by molar-refractivity contribution is 5.83. The number of methoxy groups -OCH3 is 1. The second-order valence-electron chi connectivity index (χ2n) is 4.70. The number of nitrogens with one attached hydrogen (secondary N) is 1. The minimum absolute atomic E-state index is 0.0195. The molecule has 0 atom stereocenters. The fourth-order valence-electron chi connectivity index (χ4n) is 2.49. The molecule has 6 heteroatoms. The molecule has 18 heavy (non-hydrogen) atoms. The van der Waals surface area contributed by atoms with Crippen LogP contribution in [0.1, 0.15) is 12.8 Å². The molecular formula is C12H24N2O4. The Labute approximate surface area is 108 Å². The number of carbonyl (C=O) groups excluding carboxylic acids is 1. The van der Waals surface area contributed by atoms with E-state index in [-0.39, 0.29) is 32.2 Å². The number of ether oxygens (including phenoxy) is 1. The summed E-state index contributed by atoms with van der Waals surface area (Å²) in [5.74, 6) is -0.0195. The van der Waals surface area contributed by atoms with Crippen molar-refractivity contribution >= 4 is 5.91 Å². The number of rotatable bonds is 7. The minimum Gasteiger partial charge on any atom is -0.395 e. The zero-order valence-corrected chi connectivity index (χ0v) is 11.0. The maximum atomic E-state index is 12.6. The van der Waals surface area contributed by atoms with Crippen LogP contribution >= 0.6 is 0 Å². The Morgan fingerprint density at radius 3 is 2.28 bits per heavy atom. The Kier molecular flexibility index (Phi) is 6.56. The van der Waals surface area contributed by atoms with Crippen LogP contribution in [0.5, 0.6) is 0 Å². The quantitative estimate of drug-likeness (QED) is 0.536. The Hall–Kier alpha value is -0.690. The minimum atomic E-state index is -0.510. The molecule has 6 nitrogen and oxygen atoms in total. The van der Waals surface area contributed by atoms with Crippen LogP contribution in [0.2, 0.25) is 0 Å². The summed E-state index contributed by atoms with van der Waals surface area (Å²) in [6.07, 6.45) is 1.46. The fourth-order valence-corrected chi connectivity index (χ4v) is 2.49. The molecule has 1 rings (SSSR count). The van der Waals surface area contributed by atoms with E-state index in [0.29, 0.717) is 6.61 Å². The van der Waals surface area contributed by atoms with Crippen LogP contribution < -0.4 is 5.32 Å². The summed E-state index contributed by atoms with van der Waals surface area (Å²) in [5, 5.41) is 21.2. The third kappa shape index (κ3) is 3.65. The number of amides is 1. The van der Waals surface area contributed by atoms with Gasteiger partial charge in [-0.2, -0.15) is 0 Å². The molecule has 0 aromatic rings. The predicted molar refractivity (Wildman–Crippen MR) is 67.2 cm³/mol. The van der Waals surface area contributed by atoms with Gasteiger partial charge in [-0.3, -0.25) is 4.79 Å². The van der Waals surface area contributed by atoms with Crippen LogP contribution in [-0.4, -0.2) is 74.1 Å². The summed E-state index contributed by atoms with van der Waals surface area (Å²) in [6, 6.07) is 0. The van der Waals surface area contributed by atoms with Gasteiger partial charge in [-0.25, -0.2) is 0 Å². The van der Waals surface area contributed by atoms with Gasteiger partial charge in [0.1, 0.15) is 0 Å². The van der Waals surface area contributed by atoms with Crippen LogP contribution in [0.3, 0.4) is 0 Å². The number of hydrogen-bond acceptors (Lipinski definition) is 5. The Morgan fingerprint density at radius 1 is 1.28 bits per heavy atom. The standard InChI is InChI=1S/C12H24N2O4/c1-18-10-12(2-4-13-5-3-12)11(17)14(6-8-15)7-9-16/h13,15-16H,2-10H2,1H3.